The average Bonchev–Trinajstić information content (AvgIpc) is 2.37. The van der Waals surface area contributed by atoms with Gasteiger partial charge in [-0.2, -0.15) is 0 Å². The highest BCUT2D eigenvalue weighted by atomic mass is 79.9. The van der Waals surface area contributed by atoms with Crippen molar-refractivity contribution in [2.24, 2.45) is 0 Å². The minimum absolute atomic E-state index is 0.302. The Bertz CT molecular complexity index is 611. The van der Waals surface area contributed by atoms with Crippen molar-refractivity contribution in [3.05, 3.63) is 63.6 Å². The number of thioether (sulfide) groups is 1. The summed E-state index contributed by atoms with van der Waals surface area (Å²) in [4.78, 5) is 12.1. The van der Waals surface area contributed by atoms with Crippen LogP contribution < -0.4 is 0 Å². The molecule has 0 spiro atoms. The summed E-state index contributed by atoms with van der Waals surface area (Å²) in [6.45, 7) is 2.07. The van der Waals surface area contributed by atoms with Gasteiger partial charge in [-0.15, -0.1) is 11.8 Å². The molecule has 0 unspecified atom stereocenters. The van der Waals surface area contributed by atoms with Gasteiger partial charge in [0.2, 0.25) is 0 Å². The molecular formula is C15H13BrO2S. The summed E-state index contributed by atoms with van der Waals surface area (Å²) in [5.74, 6) is -0.0946. The molecule has 0 saturated carbocycles. The second kappa shape index (κ2) is 6.26. The summed E-state index contributed by atoms with van der Waals surface area (Å²) in [6.07, 6.45) is 0. The quantitative estimate of drug-likeness (QED) is 0.818. The lowest BCUT2D eigenvalue weighted by atomic mass is 10.1. The van der Waals surface area contributed by atoms with Gasteiger partial charge in [0.25, 0.3) is 0 Å². The van der Waals surface area contributed by atoms with Gasteiger partial charge >= 0.3 is 5.97 Å². The van der Waals surface area contributed by atoms with E-state index in [1.807, 2.05) is 12.1 Å². The summed E-state index contributed by atoms with van der Waals surface area (Å²) in [5, 5.41) is 8.91. The third-order valence-corrected chi connectivity index (χ3v) is 4.46. The van der Waals surface area contributed by atoms with E-state index >= 15 is 0 Å². The van der Waals surface area contributed by atoms with E-state index in [-0.39, 0.29) is 0 Å². The van der Waals surface area contributed by atoms with Crippen molar-refractivity contribution >= 4 is 33.7 Å². The molecule has 4 heteroatoms. The third kappa shape index (κ3) is 3.85. The van der Waals surface area contributed by atoms with Crippen LogP contribution >= 0.6 is 27.7 Å². The molecule has 0 heterocycles. The first-order valence-corrected chi connectivity index (χ1v) is 7.55. The zero-order chi connectivity index (χ0) is 13.8. The number of carboxylic acid groups (broad SMARTS) is 1. The minimum Gasteiger partial charge on any atom is -0.478 e. The number of carbonyl (C=O) groups is 1. The zero-order valence-electron chi connectivity index (χ0n) is 10.4. The SMILES string of the molecule is Cc1cccc(SCc2ccc(C(=O)O)cc2Br)c1. The Morgan fingerprint density at radius 1 is 1.26 bits per heavy atom. The van der Waals surface area contributed by atoms with Gasteiger partial charge in [0, 0.05) is 15.1 Å². The van der Waals surface area contributed by atoms with Crippen molar-refractivity contribution < 1.29 is 9.90 Å². The maximum absolute atomic E-state index is 10.9. The standard InChI is InChI=1S/C15H13BrO2S/c1-10-3-2-4-13(7-10)19-9-12-6-5-11(15(17)18)8-14(12)16/h2-8H,9H2,1H3,(H,17,18). The van der Waals surface area contributed by atoms with Gasteiger partial charge in [-0.25, -0.2) is 4.79 Å². The van der Waals surface area contributed by atoms with E-state index in [0.717, 1.165) is 15.8 Å². The van der Waals surface area contributed by atoms with Crippen molar-refractivity contribution in [1.82, 2.24) is 0 Å². The highest BCUT2D eigenvalue weighted by molar-refractivity contribution is 9.10. The Morgan fingerprint density at radius 2 is 2.05 bits per heavy atom. The summed E-state index contributed by atoms with van der Waals surface area (Å²) in [7, 11) is 0. The number of benzene rings is 2. The van der Waals surface area contributed by atoms with Crippen LogP contribution in [0.1, 0.15) is 21.5 Å². The number of hydrogen-bond acceptors (Lipinski definition) is 2. The molecular weight excluding hydrogens is 324 g/mol. The molecule has 0 atom stereocenters. The van der Waals surface area contributed by atoms with Gasteiger partial charge in [-0.1, -0.05) is 39.7 Å². The normalized spacial score (nSPS) is 10.4. The lowest BCUT2D eigenvalue weighted by Crippen LogP contribution is -1.96. The predicted molar refractivity (Wildman–Crippen MR) is 81.8 cm³/mol. The first-order chi connectivity index (χ1) is 9.06. The molecule has 0 aliphatic carbocycles. The molecule has 0 aliphatic heterocycles. The van der Waals surface area contributed by atoms with Crippen molar-refractivity contribution in [3.63, 3.8) is 0 Å². The van der Waals surface area contributed by atoms with Crippen molar-refractivity contribution in [2.75, 3.05) is 0 Å². The van der Waals surface area contributed by atoms with E-state index in [2.05, 4.69) is 41.1 Å². The van der Waals surface area contributed by atoms with Gasteiger partial charge in [0.15, 0.2) is 0 Å². The van der Waals surface area contributed by atoms with Gasteiger partial charge in [-0.3, -0.25) is 0 Å². The van der Waals surface area contributed by atoms with E-state index in [1.54, 1.807) is 23.9 Å². The highest BCUT2D eigenvalue weighted by Crippen LogP contribution is 2.28. The van der Waals surface area contributed by atoms with Crippen molar-refractivity contribution in [2.45, 2.75) is 17.6 Å². The third-order valence-electron chi connectivity index (χ3n) is 2.68. The fourth-order valence-electron chi connectivity index (χ4n) is 1.66. The van der Waals surface area contributed by atoms with Gasteiger partial charge in [0.1, 0.15) is 0 Å². The van der Waals surface area contributed by atoms with Crippen LogP contribution in [0.25, 0.3) is 0 Å². The number of aryl methyl sites for hydroxylation is 1. The molecule has 2 rings (SSSR count). The number of aromatic carboxylic acids is 1. The number of carboxylic acids is 1. The number of halogens is 1. The Balaban J connectivity index is 2.10. The van der Waals surface area contributed by atoms with Crippen LogP contribution in [-0.2, 0) is 5.75 Å². The van der Waals surface area contributed by atoms with Gasteiger partial charge < -0.3 is 5.11 Å². The summed E-state index contributed by atoms with van der Waals surface area (Å²) >= 11 is 5.17. The maximum atomic E-state index is 10.9. The fourth-order valence-corrected chi connectivity index (χ4v) is 3.39. The van der Waals surface area contributed by atoms with Crippen molar-refractivity contribution in [1.29, 1.82) is 0 Å². The molecule has 0 aliphatic rings. The zero-order valence-corrected chi connectivity index (χ0v) is 12.8. The molecule has 0 radical (unpaired) electrons. The largest absolute Gasteiger partial charge is 0.478 e. The van der Waals surface area contributed by atoms with E-state index < -0.39 is 5.97 Å². The van der Waals surface area contributed by atoms with E-state index in [4.69, 9.17) is 5.11 Å². The molecule has 0 fully saturated rings. The van der Waals surface area contributed by atoms with Crippen LogP contribution in [0.4, 0.5) is 0 Å². The molecule has 0 bridgehead atoms. The summed E-state index contributed by atoms with van der Waals surface area (Å²) < 4.78 is 0.840. The van der Waals surface area contributed by atoms with E-state index in [0.29, 0.717) is 5.56 Å². The molecule has 0 amide bonds. The Kier molecular flexibility index (Phi) is 4.66. The summed E-state index contributed by atoms with van der Waals surface area (Å²) in [6, 6.07) is 13.5. The van der Waals surface area contributed by atoms with Gasteiger partial charge in [-0.05, 0) is 36.8 Å². The number of hydrogen-bond donors (Lipinski definition) is 1. The van der Waals surface area contributed by atoms with Crippen LogP contribution in [0.15, 0.2) is 51.8 Å². The number of rotatable bonds is 4. The lowest BCUT2D eigenvalue weighted by Gasteiger charge is -2.06. The molecule has 0 saturated heterocycles. The smallest absolute Gasteiger partial charge is 0.335 e. The second-order valence-electron chi connectivity index (χ2n) is 4.22. The average molecular weight is 337 g/mol. The highest BCUT2D eigenvalue weighted by Gasteiger charge is 2.07. The van der Waals surface area contributed by atoms with Crippen molar-refractivity contribution in [3.8, 4) is 0 Å². The van der Waals surface area contributed by atoms with Gasteiger partial charge in [0.05, 0.1) is 5.56 Å². The molecule has 19 heavy (non-hydrogen) atoms. The molecule has 2 aromatic rings. The minimum atomic E-state index is -0.904. The molecule has 98 valence electrons. The Hall–Kier alpha value is -1.26. The first-order valence-electron chi connectivity index (χ1n) is 5.77. The lowest BCUT2D eigenvalue weighted by molar-refractivity contribution is 0.0697. The van der Waals surface area contributed by atoms with Crippen LogP contribution in [0.3, 0.4) is 0 Å². The topological polar surface area (TPSA) is 37.3 Å². The fraction of sp³-hybridized carbons (Fsp3) is 0.133. The molecule has 1 N–H and O–H groups in total. The maximum Gasteiger partial charge on any atom is 0.335 e. The van der Waals surface area contributed by atoms with Crippen LogP contribution in [0.2, 0.25) is 0 Å². The van der Waals surface area contributed by atoms with Crippen LogP contribution in [0.5, 0.6) is 0 Å². The molecule has 2 nitrogen and oxygen atoms in total. The van der Waals surface area contributed by atoms with E-state index in [9.17, 15) is 4.79 Å². The Morgan fingerprint density at radius 3 is 2.68 bits per heavy atom. The summed E-state index contributed by atoms with van der Waals surface area (Å²) in [5.41, 5.74) is 2.64. The Labute approximate surface area is 125 Å². The first kappa shape index (κ1) is 14.2. The predicted octanol–water partition coefficient (Wildman–Crippen LogP) is 4.75. The molecule has 2 aromatic carbocycles. The van der Waals surface area contributed by atoms with E-state index in [1.165, 1.54) is 10.5 Å². The monoisotopic (exact) mass is 336 g/mol. The van der Waals surface area contributed by atoms with Crippen LogP contribution in [-0.4, -0.2) is 11.1 Å². The van der Waals surface area contributed by atoms with Crippen LogP contribution in [0, 0.1) is 6.92 Å². The second-order valence-corrected chi connectivity index (χ2v) is 6.12. The molecule has 0 aromatic heterocycles.